The Morgan fingerprint density at radius 1 is 0.833 bits per heavy atom. The second-order valence-electron chi connectivity index (χ2n) is 8.06. The van der Waals surface area contributed by atoms with Gasteiger partial charge in [-0.2, -0.15) is 0 Å². The van der Waals surface area contributed by atoms with E-state index < -0.39 is 24.4 Å². The number of carbonyl (C=O) groups excluding carboxylic acids is 3. The van der Waals surface area contributed by atoms with Gasteiger partial charge in [-0.3, -0.25) is 14.4 Å². The van der Waals surface area contributed by atoms with Crippen molar-refractivity contribution in [3.05, 3.63) is 72.8 Å². The molecule has 0 radical (unpaired) electrons. The third kappa shape index (κ3) is 6.12. The smallest absolute Gasteiger partial charge is 0.311 e. The minimum absolute atomic E-state index is 0.0169. The van der Waals surface area contributed by atoms with Crippen molar-refractivity contribution in [2.75, 3.05) is 37.6 Å². The molecule has 36 heavy (non-hydrogen) atoms. The molecule has 0 aliphatic carbocycles. The van der Waals surface area contributed by atoms with Crippen LogP contribution < -0.4 is 24.4 Å². The van der Waals surface area contributed by atoms with Crippen molar-refractivity contribution in [2.24, 2.45) is 5.92 Å². The van der Waals surface area contributed by atoms with Gasteiger partial charge in [0.05, 0.1) is 20.1 Å². The largest absolute Gasteiger partial charge is 0.497 e. The van der Waals surface area contributed by atoms with E-state index in [-0.39, 0.29) is 18.9 Å². The number of nitrogens with one attached hydrogen (secondary N) is 1. The van der Waals surface area contributed by atoms with E-state index in [1.54, 1.807) is 87.0 Å². The van der Waals surface area contributed by atoms with Gasteiger partial charge in [0.25, 0.3) is 5.91 Å². The van der Waals surface area contributed by atoms with Crippen molar-refractivity contribution in [2.45, 2.75) is 6.42 Å². The van der Waals surface area contributed by atoms with Crippen LogP contribution in [0.5, 0.6) is 23.0 Å². The molecule has 1 heterocycles. The standard InChI is InChI=1S/C27H26N2O7/c1-33-21-7-3-19(4-8-21)28-25(30)17-35-27(32)18-15-26(31)29(16-18)20-5-9-23(10-6-20)36-24-13-11-22(34-2)12-14-24/h3-14,18H,15-17H2,1-2H3,(H,28,30)/t18-/m0/s1. The van der Waals surface area contributed by atoms with E-state index in [1.165, 1.54) is 4.90 Å². The average molecular weight is 491 g/mol. The first-order valence-electron chi connectivity index (χ1n) is 11.3. The number of amides is 2. The molecule has 3 aromatic carbocycles. The molecule has 186 valence electrons. The van der Waals surface area contributed by atoms with E-state index in [4.69, 9.17) is 18.9 Å². The van der Waals surface area contributed by atoms with Gasteiger partial charge in [-0.1, -0.05) is 0 Å². The quantitative estimate of drug-likeness (QED) is 0.452. The van der Waals surface area contributed by atoms with Gasteiger partial charge < -0.3 is 29.2 Å². The summed E-state index contributed by atoms with van der Waals surface area (Å²) in [6.45, 7) is -0.261. The van der Waals surface area contributed by atoms with Crippen LogP contribution in [0.3, 0.4) is 0 Å². The van der Waals surface area contributed by atoms with Crippen LogP contribution in [0.4, 0.5) is 11.4 Å². The molecule has 1 N–H and O–H groups in total. The lowest BCUT2D eigenvalue weighted by Gasteiger charge is -2.17. The maximum atomic E-state index is 12.5. The predicted octanol–water partition coefficient (Wildman–Crippen LogP) is 4.03. The molecular weight excluding hydrogens is 464 g/mol. The maximum Gasteiger partial charge on any atom is 0.311 e. The zero-order valence-corrected chi connectivity index (χ0v) is 19.9. The van der Waals surface area contributed by atoms with Crippen LogP contribution in [-0.4, -0.2) is 45.2 Å². The van der Waals surface area contributed by atoms with E-state index in [9.17, 15) is 14.4 Å². The van der Waals surface area contributed by atoms with Gasteiger partial charge >= 0.3 is 5.97 Å². The van der Waals surface area contributed by atoms with E-state index in [1.807, 2.05) is 0 Å². The zero-order chi connectivity index (χ0) is 25.5. The number of hydrogen-bond donors (Lipinski definition) is 1. The van der Waals surface area contributed by atoms with Gasteiger partial charge in [-0.25, -0.2) is 0 Å². The lowest BCUT2D eigenvalue weighted by Crippen LogP contribution is -2.28. The number of benzene rings is 3. The second-order valence-corrected chi connectivity index (χ2v) is 8.06. The van der Waals surface area contributed by atoms with Crippen molar-refractivity contribution < 1.29 is 33.3 Å². The minimum atomic E-state index is -0.651. The van der Waals surface area contributed by atoms with Gasteiger partial charge in [-0.05, 0) is 72.8 Å². The molecule has 1 saturated heterocycles. The fourth-order valence-electron chi connectivity index (χ4n) is 3.71. The molecular formula is C27H26N2O7. The molecule has 3 aromatic rings. The molecule has 9 heteroatoms. The van der Waals surface area contributed by atoms with Crippen LogP contribution in [-0.2, 0) is 19.1 Å². The Hall–Kier alpha value is -4.53. The Kier molecular flexibility index (Phi) is 7.69. The van der Waals surface area contributed by atoms with Crippen molar-refractivity contribution in [1.29, 1.82) is 0 Å². The molecule has 1 aliphatic heterocycles. The van der Waals surface area contributed by atoms with E-state index >= 15 is 0 Å². The first-order chi connectivity index (χ1) is 17.4. The Labute approximate surface area is 208 Å². The summed E-state index contributed by atoms with van der Waals surface area (Å²) in [5.41, 5.74) is 1.20. The van der Waals surface area contributed by atoms with Crippen LogP contribution in [0, 0.1) is 5.92 Å². The summed E-state index contributed by atoms with van der Waals surface area (Å²) in [4.78, 5) is 38.7. The van der Waals surface area contributed by atoms with Crippen molar-refractivity contribution in [3.8, 4) is 23.0 Å². The molecule has 2 amide bonds. The van der Waals surface area contributed by atoms with Crippen LogP contribution >= 0.6 is 0 Å². The molecule has 4 rings (SSSR count). The number of carbonyl (C=O) groups is 3. The Bertz CT molecular complexity index is 1210. The summed E-state index contributed by atoms with van der Waals surface area (Å²) in [5.74, 6) is 0.752. The van der Waals surface area contributed by atoms with Gasteiger partial charge in [0.1, 0.15) is 23.0 Å². The number of methoxy groups -OCH3 is 2. The normalized spacial score (nSPS) is 14.8. The summed E-state index contributed by atoms with van der Waals surface area (Å²) < 4.78 is 21.2. The summed E-state index contributed by atoms with van der Waals surface area (Å²) in [5, 5.41) is 2.64. The predicted molar refractivity (Wildman–Crippen MR) is 133 cm³/mol. The molecule has 1 fully saturated rings. The summed E-state index contributed by atoms with van der Waals surface area (Å²) in [7, 11) is 3.15. The fraction of sp³-hybridized carbons (Fsp3) is 0.222. The van der Waals surface area contributed by atoms with Crippen molar-refractivity contribution in [1.82, 2.24) is 0 Å². The lowest BCUT2D eigenvalue weighted by atomic mass is 10.1. The highest BCUT2D eigenvalue weighted by Crippen LogP contribution is 2.29. The van der Waals surface area contributed by atoms with Gasteiger partial charge in [0.2, 0.25) is 5.91 Å². The molecule has 1 aliphatic rings. The minimum Gasteiger partial charge on any atom is -0.497 e. The number of nitrogens with zero attached hydrogens (tertiary/aromatic N) is 1. The number of anilines is 2. The lowest BCUT2D eigenvalue weighted by molar-refractivity contribution is -0.151. The molecule has 0 bridgehead atoms. The Balaban J connectivity index is 1.27. The third-order valence-electron chi connectivity index (χ3n) is 5.62. The second kappa shape index (κ2) is 11.3. The highest BCUT2D eigenvalue weighted by Gasteiger charge is 2.36. The molecule has 0 spiro atoms. The molecule has 9 nitrogen and oxygen atoms in total. The van der Waals surface area contributed by atoms with Crippen LogP contribution in [0.15, 0.2) is 72.8 Å². The first-order valence-corrected chi connectivity index (χ1v) is 11.3. The number of ether oxygens (including phenoxy) is 4. The van der Waals surface area contributed by atoms with E-state index in [2.05, 4.69) is 5.32 Å². The molecule has 0 aromatic heterocycles. The molecule has 0 unspecified atom stereocenters. The Morgan fingerprint density at radius 2 is 1.36 bits per heavy atom. The third-order valence-corrected chi connectivity index (χ3v) is 5.62. The SMILES string of the molecule is COc1ccc(NC(=O)COC(=O)[C@H]2CC(=O)N(c3ccc(Oc4ccc(OC)cc4)cc3)C2)cc1. The number of esters is 1. The fourth-order valence-corrected chi connectivity index (χ4v) is 3.71. The monoisotopic (exact) mass is 490 g/mol. The summed E-state index contributed by atoms with van der Waals surface area (Å²) in [6.07, 6.45) is 0.0169. The maximum absolute atomic E-state index is 12.5. The van der Waals surface area contributed by atoms with E-state index in [0.29, 0.717) is 28.6 Å². The van der Waals surface area contributed by atoms with Gasteiger partial charge in [0, 0.05) is 24.3 Å². The summed E-state index contributed by atoms with van der Waals surface area (Å²) >= 11 is 0. The van der Waals surface area contributed by atoms with Crippen LogP contribution in [0.25, 0.3) is 0 Å². The van der Waals surface area contributed by atoms with Crippen LogP contribution in [0.2, 0.25) is 0 Å². The summed E-state index contributed by atoms with van der Waals surface area (Å²) in [6, 6.07) is 21.0. The Morgan fingerprint density at radius 3 is 1.94 bits per heavy atom. The van der Waals surface area contributed by atoms with Crippen molar-refractivity contribution >= 4 is 29.2 Å². The van der Waals surface area contributed by atoms with Gasteiger partial charge in [0.15, 0.2) is 6.61 Å². The molecule has 1 atom stereocenters. The van der Waals surface area contributed by atoms with E-state index in [0.717, 1.165) is 5.75 Å². The topological polar surface area (TPSA) is 103 Å². The zero-order valence-electron chi connectivity index (χ0n) is 19.9. The van der Waals surface area contributed by atoms with Crippen LogP contribution in [0.1, 0.15) is 6.42 Å². The number of hydrogen-bond acceptors (Lipinski definition) is 7. The van der Waals surface area contributed by atoms with Gasteiger partial charge in [-0.15, -0.1) is 0 Å². The van der Waals surface area contributed by atoms with Crippen molar-refractivity contribution in [3.63, 3.8) is 0 Å². The number of rotatable bonds is 9. The highest BCUT2D eigenvalue weighted by atomic mass is 16.5. The first kappa shape index (κ1) is 24.6. The molecule has 0 saturated carbocycles. The highest BCUT2D eigenvalue weighted by molar-refractivity contribution is 6.00. The average Bonchev–Trinajstić information content (AvgIpc) is 3.30.